The number of ether oxygens (including phenoxy) is 1. The van der Waals surface area contributed by atoms with E-state index in [1.54, 1.807) is 0 Å². The Kier molecular flexibility index (Phi) is 5.96. The summed E-state index contributed by atoms with van der Waals surface area (Å²) in [6.07, 6.45) is 1.54. The minimum absolute atomic E-state index is 0.187. The Labute approximate surface area is 162 Å². The summed E-state index contributed by atoms with van der Waals surface area (Å²) in [6, 6.07) is 2.96. The van der Waals surface area contributed by atoms with Crippen LogP contribution < -0.4 is 11.1 Å². The van der Waals surface area contributed by atoms with Crippen molar-refractivity contribution in [1.82, 2.24) is 10.2 Å². The third kappa shape index (κ3) is 4.06. The van der Waals surface area contributed by atoms with Crippen molar-refractivity contribution in [1.29, 1.82) is 0 Å². The first-order valence-electron chi connectivity index (χ1n) is 9.16. The highest BCUT2D eigenvalue weighted by molar-refractivity contribution is 7.10. The van der Waals surface area contributed by atoms with Crippen LogP contribution in [0.1, 0.15) is 31.6 Å². The van der Waals surface area contributed by atoms with E-state index in [1.807, 2.05) is 31.4 Å². The molecule has 2 atom stereocenters. The van der Waals surface area contributed by atoms with E-state index in [2.05, 4.69) is 5.32 Å². The van der Waals surface area contributed by atoms with Crippen molar-refractivity contribution in [3.63, 3.8) is 0 Å². The second-order valence-electron chi connectivity index (χ2n) is 7.26. The van der Waals surface area contributed by atoms with E-state index in [-0.39, 0.29) is 49.0 Å². The molecule has 146 valence electrons. The Hall–Kier alpha value is -2.19. The quantitative estimate of drug-likeness (QED) is 0.537. The Morgan fingerprint density at radius 1 is 1.44 bits per heavy atom. The number of esters is 1. The number of nitrogens with two attached hydrogens (primary N) is 1. The van der Waals surface area contributed by atoms with Crippen LogP contribution in [0.15, 0.2) is 28.8 Å². The zero-order chi connectivity index (χ0) is 19.6. The highest BCUT2D eigenvalue weighted by atomic mass is 32.1. The van der Waals surface area contributed by atoms with E-state index in [0.29, 0.717) is 12.8 Å². The molecule has 2 amide bonds. The molecule has 3 N–H and O–H groups in total. The molecule has 8 heteroatoms. The first-order chi connectivity index (χ1) is 12.9. The first-order valence-corrected chi connectivity index (χ1v) is 10.0. The Bertz CT molecular complexity index is 757. The molecule has 2 aliphatic rings. The van der Waals surface area contributed by atoms with Crippen LogP contribution >= 0.6 is 11.3 Å². The lowest BCUT2D eigenvalue weighted by Crippen LogP contribution is -2.72. The van der Waals surface area contributed by atoms with Gasteiger partial charge in [0.25, 0.3) is 5.91 Å². The van der Waals surface area contributed by atoms with Crippen molar-refractivity contribution in [2.45, 2.75) is 45.2 Å². The van der Waals surface area contributed by atoms with Gasteiger partial charge in [0.2, 0.25) is 5.91 Å². The number of nitrogens with zero attached hydrogens (tertiary/aromatic N) is 1. The molecule has 27 heavy (non-hydrogen) atoms. The summed E-state index contributed by atoms with van der Waals surface area (Å²) in [6.45, 7) is 4.39. The van der Waals surface area contributed by atoms with E-state index < -0.39 is 12.0 Å². The number of rotatable bonds is 7. The van der Waals surface area contributed by atoms with Crippen LogP contribution in [0.4, 0.5) is 0 Å². The fraction of sp³-hybridized carbons (Fsp3) is 0.526. The topological polar surface area (TPSA) is 102 Å². The van der Waals surface area contributed by atoms with Gasteiger partial charge in [0.1, 0.15) is 11.7 Å². The van der Waals surface area contributed by atoms with Crippen LogP contribution in [0.2, 0.25) is 0 Å². The van der Waals surface area contributed by atoms with Crippen molar-refractivity contribution < 1.29 is 19.1 Å². The van der Waals surface area contributed by atoms with E-state index in [9.17, 15) is 14.4 Å². The van der Waals surface area contributed by atoms with E-state index in [1.165, 1.54) is 16.2 Å². The molecule has 2 aliphatic heterocycles. The van der Waals surface area contributed by atoms with Crippen LogP contribution in [0.5, 0.6) is 0 Å². The molecular weight excluding hydrogens is 366 g/mol. The molecule has 0 spiro atoms. The fourth-order valence-electron chi connectivity index (χ4n) is 3.43. The summed E-state index contributed by atoms with van der Waals surface area (Å²) >= 11 is 1.50. The molecule has 0 saturated carbocycles. The van der Waals surface area contributed by atoms with Gasteiger partial charge in [-0.05, 0) is 35.8 Å². The number of carbonyl (C=O) groups excluding carboxylic acids is 3. The van der Waals surface area contributed by atoms with Crippen LogP contribution in [-0.2, 0) is 25.5 Å². The van der Waals surface area contributed by atoms with Gasteiger partial charge in [-0.1, -0.05) is 19.9 Å². The summed E-state index contributed by atoms with van der Waals surface area (Å²) in [5.74, 6) is -0.771. The lowest BCUT2D eigenvalue weighted by atomic mass is 9.83. The first kappa shape index (κ1) is 19.6. The number of thiophene rings is 1. The van der Waals surface area contributed by atoms with Gasteiger partial charge >= 0.3 is 5.97 Å². The van der Waals surface area contributed by atoms with Crippen LogP contribution in [0.25, 0.3) is 0 Å². The van der Waals surface area contributed by atoms with Crippen molar-refractivity contribution in [3.05, 3.63) is 33.7 Å². The number of fused-ring (bicyclic) bond motifs is 1. The van der Waals surface area contributed by atoms with E-state index in [4.69, 9.17) is 10.5 Å². The van der Waals surface area contributed by atoms with Crippen molar-refractivity contribution in [2.75, 3.05) is 13.2 Å². The standard InChI is InChI=1S/C19H25N3O4S/c1-11(2)10-26-19(25)17-12(9-20)5-6-14-16(18(24)22(14)17)21-15(23)8-13-4-3-7-27-13/h3-4,7,11,14,16H,5-6,8-10,20H2,1-2H3,(H,21,23)/t14-,16+/m1/s1. The molecule has 3 rings (SSSR count). The summed E-state index contributed by atoms with van der Waals surface area (Å²) in [4.78, 5) is 39.9. The molecule has 0 unspecified atom stereocenters. The van der Waals surface area contributed by atoms with Crippen molar-refractivity contribution in [3.8, 4) is 0 Å². The molecule has 1 fully saturated rings. The SMILES string of the molecule is CC(C)COC(=O)C1=C(CN)CC[C@@H]2[C@H](NC(=O)Cc3cccs3)C(=O)N12. The van der Waals surface area contributed by atoms with Gasteiger partial charge in [-0.3, -0.25) is 14.5 Å². The van der Waals surface area contributed by atoms with Crippen LogP contribution in [-0.4, -0.2) is 47.9 Å². The monoisotopic (exact) mass is 391 g/mol. The number of nitrogens with one attached hydrogen (secondary N) is 1. The minimum atomic E-state index is -0.593. The average molecular weight is 391 g/mol. The van der Waals surface area contributed by atoms with E-state index >= 15 is 0 Å². The van der Waals surface area contributed by atoms with Gasteiger partial charge in [0.05, 0.1) is 19.1 Å². The predicted octanol–water partition coefficient (Wildman–Crippen LogP) is 1.19. The molecule has 7 nitrogen and oxygen atoms in total. The Morgan fingerprint density at radius 3 is 2.85 bits per heavy atom. The predicted molar refractivity (Wildman–Crippen MR) is 102 cm³/mol. The third-order valence-corrected chi connectivity index (χ3v) is 5.63. The van der Waals surface area contributed by atoms with E-state index in [0.717, 1.165) is 10.5 Å². The molecule has 1 saturated heterocycles. The normalized spacial score (nSPS) is 21.8. The fourth-order valence-corrected chi connectivity index (χ4v) is 4.14. The lowest BCUT2D eigenvalue weighted by Gasteiger charge is -2.50. The molecule has 1 aromatic rings. The Balaban J connectivity index is 1.68. The highest BCUT2D eigenvalue weighted by Crippen LogP contribution is 2.37. The summed E-state index contributed by atoms with van der Waals surface area (Å²) < 4.78 is 5.33. The molecule has 0 bridgehead atoms. The minimum Gasteiger partial charge on any atom is -0.461 e. The molecule has 0 aliphatic carbocycles. The summed E-state index contributed by atoms with van der Waals surface area (Å²) in [7, 11) is 0. The lowest BCUT2D eigenvalue weighted by molar-refractivity contribution is -0.158. The number of carbonyl (C=O) groups is 3. The number of hydrogen-bond acceptors (Lipinski definition) is 6. The van der Waals surface area contributed by atoms with Crippen molar-refractivity contribution >= 4 is 29.1 Å². The molecular formula is C19H25N3O4S. The number of hydrogen-bond donors (Lipinski definition) is 2. The van der Waals surface area contributed by atoms with Gasteiger partial charge < -0.3 is 15.8 Å². The van der Waals surface area contributed by atoms with Gasteiger partial charge in [-0.2, -0.15) is 0 Å². The third-order valence-electron chi connectivity index (χ3n) is 4.76. The van der Waals surface area contributed by atoms with Gasteiger partial charge in [0, 0.05) is 11.4 Å². The summed E-state index contributed by atoms with van der Waals surface area (Å²) in [5.41, 5.74) is 6.78. The van der Waals surface area contributed by atoms with Gasteiger partial charge in [0.15, 0.2) is 0 Å². The van der Waals surface area contributed by atoms with Gasteiger partial charge in [-0.25, -0.2) is 4.79 Å². The second kappa shape index (κ2) is 8.22. The molecule has 1 aromatic heterocycles. The van der Waals surface area contributed by atoms with Crippen molar-refractivity contribution in [2.24, 2.45) is 11.7 Å². The molecule has 3 heterocycles. The van der Waals surface area contributed by atoms with Gasteiger partial charge in [-0.15, -0.1) is 11.3 Å². The molecule has 0 radical (unpaired) electrons. The zero-order valence-electron chi connectivity index (χ0n) is 15.6. The highest BCUT2D eigenvalue weighted by Gasteiger charge is 2.53. The number of β-lactam (4-membered cyclic amide) rings is 1. The van der Waals surface area contributed by atoms with Crippen LogP contribution in [0, 0.1) is 5.92 Å². The molecule has 0 aromatic carbocycles. The average Bonchev–Trinajstić information content (AvgIpc) is 3.15. The zero-order valence-corrected chi connectivity index (χ0v) is 16.4. The summed E-state index contributed by atoms with van der Waals surface area (Å²) in [5, 5.41) is 4.73. The maximum absolute atomic E-state index is 12.7. The Morgan fingerprint density at radius 2 is 2.22 bits per heavy atom. The maximum atomic E-state index is 12.7. The smallest absolute Gasteiger partial charge is 0.355 e. The number of amides is 2. The second-order valence-corrected chi connectivity index (χ2v) is 8.30. The largest absolute Gasteiger partial charge is 0.461 e. The van der Waals surface area contributed by atoms with Crippen LogP contribution in [0.3, 0.4) is 0 Å². The maximum Gasteiger partial charge on any atom is 0.355 e.